The van der Waals surface area contributed by atoms with Gasteiger partial charge in [0.2, 0.25) is 5.91 Å². The second-order valence-corrected chi connectivity index (χ2v) is 6.25. The molecule has 0 aromatic heterocycles. The molecule has 2 saturated heterocycles. The quantitative estimate of drug-likeness (QED) is 0.725. The van der Waals surface area contributed by atoms with Gasteiger partial charge in [-0.2, -0.15) is 0 Å². The number of rotatable bonds is 6. The maximum Gasteiger partial charge on any atom is 0.240 e. The molecule has 2 aliphatic heterocycles. The summed E-state index contributed by atoms with van der Waals surface area (Å²) in [6.45, 7) is 3.75. The van der Waals surface area contributed by atoms with Crippen molar-refractivity contribution >= 4 is 5.91 Å². The van der Waals surface area contributed by atoms with Gasteiger partial charge in [-0.25, -0.2) is 0 Å². The topological polar surface area (TPSA) is 53.0 Å². The molecule has 1 unspecified atom stereocenters. The Bertz CT molecular complexity index is 338. The van der Waals surface area contributed by atoms with E-state index in [1.807, 2.05) is 0 Å². The maximum absolute atomic E-state index is 12.4. The molecule has 5 heteroatoms. The van der Waals surface area contributed by atoms with Gasteiger partial charge in [0.05, 0.1) is 12.1 Å². The van der Waals surface area contributed by atoms with Gasteiger partial charge in [0.15, 0.2) is 0 Å². The Morgan fingerprint density at radius 3 is 2.50 bits per heavy atom. The summed E-state index contributed by atoms with van der Waals surface area (Å²) in [6, 6.07) is 0.695. The molecule has 1 N–H and O–H groups in total. The molecule has 3 aliphatic rings. The zero-order valence-electron chi connectivity index (χ0n) is 12.2. The van der Waals surface area contributed by atoms with E-state index in [0.29, 0.717) is 24.7 Å². The lowest BCUT2D eigenvalue weighted by atomic mass is 10.0. The van der Waals surface area contributed by atoms with Crippen LogP contribution in [-0.4, -0.2) is 71.8 Å². The Labute approximate surface area is 120 Å². The van der Waals surface area contributed by atoms with Crippen LogP contribution in [0.25, 0.3) is 0 Å². The molecule has 1 atom stereocenters. The minimum atomic E-state index is 0.133. The fourth-order valence-corrected chi connectivity index (χ4v) is 3.44. The Balaban J connectivity index is 1.43. The molecule has 114 valence electrons. The Morgan fingerprint density at radius 1 is 1.10 bits per heavy atom. The highest BCUT2D eigenvalue weighted by Crippen LogP contribution is 2.32. The smallest absolute Gasteiger partial charge is 0.240 e. The van der Waals surface area contributed by atoms with Crippen LogP contribution < -0.4 is 0 Å². The SMILES string of the molecule is O=C1C(N2CCC(OCCCO)CC2)CCN1C1CC1. The van der Waals surface area contributed by atoms with E-state index < -0.39 is 0 Å². The average Bonchev–Trinajstić information content (AvgIpc) is 3.23. The number of hydrogen-bond acceptors (Lipinski definition) is 4. The Kier molecular flexibility index (Phi) is 4.58. The second-order valence-electron chi connectivity index (χ2n) is 6.25. The summed E-state index contributed by atoms with van der Waals surface area (Å²) < 4.78 is 5.75. The van der Waals surface area contributed by atoms with Gasteiger partial charge in [0.1, 0.15) is 0 Å². The lowest BCUT2D eigenvalue weighted by Crippen LogP contribution is -2.47. The first kappa shape index (κ1) is 14.3. The average molecular weight is 282 g/mol. The molecule has 20 heavy (non-hydrogen) atoms. The minimum Gasteiger partial charge on any atom is -0.396 e. The summed E-state index contributed by atoms with van der Waals surface area (Å²) >= 11 is 0. The van der Waals surface area contributed by atoms with Crippen molar-refractivity contribution in [3.05, 3.63) is 0 Å². The van der Waals surface area contributed by atoms with Crippen molar-refractivity contribution in [1.82, 2.24) is 9.80 Å². The van der Waals surface area contributed by atoms with E-state index >= 15 is 0 Å². The number of carbonyl (C=O) groups is 1. The third kappa shape index (κ3) is 3.15. The van der Waals surface area contributed by atoms with Gasteiger partial charge in [0.25, 0.3) is 0 Å². The highest BCUT2D eigenvalue weighted by Gasteiger charge is 2.43. The maximum atomic E-state index is 12.4. The zero-order valence-corrected chi connectivity index (χ0v) is 12.2. The van der Waals surface area contributed by atoms with Crippen LogP contribution in [-0.2, 0) is 9.53 Å². The summed E-state index contributed by atoms with van der Waals surface area (Å²) in [5.41, 5.74) is 0. The number of piperidine rings is 1. The van der Waals surface area contributed by atoms with Crippen molar-refractivity contribution in [3.63, 3.8) is 0 Å². The predicted molar refractivity (Wildman–Crippen MR) is 75.4 cm³/mol. The summed E-state index contributed by atoms with van der Waals surface area (Å²) in [6.07, 6.45) is 6.48. The molecule has 0 radical (unpaired) electrons. The fourth-order valence-electron chi connectivity index (χ4n) is 3.44. The summed E-state index contributed by atoms with van der Waals surface area (Å²) in [7, 11) is 0. The molecular weight excluding hydrogens is 256 g/mol. The molecule has 1 aliphatic carbocycles. The minimum absolute atomic E-state index is 0.133. The van der Waals surface area contributed by atoms with Gasteiger partial charge < -0.3 is 14.7 Å². The van der Waals surface area contributed by atoms with E-state index in [9.17, 15) is 4.79 Å². The van der Waals surface area contributed by atoms with E-state index in [1.165, 1.54) is 12.8 Å². The molecule has 1 amide bonds. The van der Waals surface area contributed by atoms with Crippen LogP contribution in [0.5, 0.6) is 0 Å². The number of carbonyl (C=O) groups excluding carboxylic acids is 1. The van der Waals surface area contributed by atoms with Crippen LogP contribution in [0.2, 0.25) is 0 Å². The molecule has 0 spiro atoms. The molecule has 5 nitrogen and oxygen atoms in total. The van der Waals surface area contributed by atoms with Crippen molar-refractivity contribution in [1.29, 1.82) is 0 Å². The predicted octanol–water partition coefficient (Wildman–Crippen LogP) is 0.613. The number of hydrogen-bond donors (Lipinski definition) is 1. The molecular formula is C15H26N2O3. The first-order valence-corrected chi connectivity index (χ1v) is 8.06. The molecule has 2 heterocycles. The lowest BCUT2D eigenvalue weighted by molar-refractivity contribution is -0.133. The Hall–Kier alpha value is -0.650. The van der Waals surface area contributed by atoms with Crippen molar-refractivity contribution in [3.8, 4) is 0 Å². The number of ether oxygens (including phenoxy) is 1. The van der Waals surface area contributed by atoms with Crippen LogP contribution in [0.15, 0.2) is 0 Å². The lowest BCUT2D eigenvalue weighted by Gasteiger charge is -2.35. The highest BCUT2D eigenvalue weighted by molar-refractivity contribution is 5.84. The summed E-state index contributed by atoms with van der Waals surface area (Å²) in [5, 5.41) is 8.75. The van der Waals surface area contributed by atoms with E-state index in [-0.39, 0.29) is 12.6 Å². The van der Waals surface area contributed by atoms with E-state index in [2.05, 4.69) is 9.80 Å². The van der Waals surface area contributed by atoms with Gasteiger partial charge in [-0.05, 0) is 38.5 Å². The summed E-state index contributed by atoms with van der Waals surface area (Å²) in [5.74, 6) is 0.368. The van der Waals surface area contributed by atoms with Crippen molar-refractivity contribution in [2.45, 2.75) is 56.7 Å². The van der Waals surface area contributed by atoms with Crippen LogP contribution in [0, 0.1) is 0 Å². The van der Waals surface area contributed by atoms with Crippen LogP contribution in [0.3, 0.4) is 0 Å². The first-order chi connectivity index (χ1) is 9.79. The summed E-state index contributed by atoms with van der Waals surface area (Å²) in [4.78, 5) is 16.9. The number of amides is 1. The molecule has 1 saturated carbocycles. The fraction of sp³-hybridized carbons (Fsp3) is 0.933. The second kappa shape index (κ2) is 6.41. The third-order valence-electron chi connectivity index (χ3n) is 4.77. The van der Waals surface area contributed by atoms with Gasteiger partial charge in [-0.3, -0.25) is 9.69 Å². The van der Waals surface area contributed by atoms with Crippen LogP contribution >= 0.6 is 0 Å². The number of likely N-dealkylation sites (tertiary alicyclic amines) is 2. The van der Waals surface area contributed by atoms with Gasteiger partial charge in [0, 0.05) is 38.9 Å². The highest BCUT2D eigenvalue weighted by atomic mass is 16.5. The molecule has 0 aromatic carbocycles. The van der Waals surface area contributed by atoms with Gasteiger partial charge in [-0.1, -0.05) is 0 Å². The molecule has 0 bridgehead atoms. The van der Waals surface area contributed by atoms with E-state index in [0.717, 1.165) is 45.3 Å². The molecule has 0 aromatic rings. The zero-order chi connectivity index (χ0) is 13.9. The van der Waals surface area contributed by atoms with Crippen LogP contribution in [0.4, 0.5) is 0 Å². The van der Waals surface area contributed by atoms with Crippen molar-refractivity contribution < 1.29 is 14.6 Å². The molecule has 3 rings (SSSR count). The van der Waals surface area contributed by atoms with E-state index in [4.69, 9.17) is 9.84 Å². The van der Waals surface area contributed by atoms with Crippen molar-refractivity contribution in [2.75, 3.05) is 32.8 Å². The number of aliphatic hydroxyl groups excluding tert-OH is 1. The third-order valence-corrected chi connectivity index (χ3v) is 4.77. The van der Waals surface area contributed by atoms with Gasteiger partial charge in [-0.15, -0.1) is 0 Å². The first-order valence-electron chi connectivity index (χ1n) is 8.06. The van der Waals surface area contributed by atoms with Gasteiger partial charge >= 0.3 is 0 Å². The van der Waals surface area contributed by atoms with Crippen molar-refractivity contribution in [2.24, 2.45) is 0 Å². The normalized spacial score (nSPS) is 29.4. The molecule has 3 fully saturated rings. The standard InChI is InChI=1S/C15H26N2O3/c18-10-1-11-20-13-4-7-16(8-5-13)14-6-9-17(15(14)19)12-2-3-12/h12-14,18H,1-11H2. The van der Waals surface area contributed by atoms with E-state index in [1.54, 1.807) is 0 Å². The number of nitrogens with zero attached hydrogens (tertiary/aromatic N) is 2. The number of aliphatic hydroxyl groups is 1. The van der Waals surface area contributed by atoms with Crippen LogP contribution in [0.1, 0.15) is 38.5 Å². The largest absolute Gasteiger partial charge is 0.396 e. The Morgan fingerprint density at radius 2 is 1.85 bits per heavy atom. The monoisotopic (exact) mass is 282 g/mol.